The van der Waals surface area contributed by atoms with Gasteiger partial charge in [0.25, 0.3) is 0 Å². The third kappa shape index (κ3) is 1.50. The first-order valence-electron chi connectivity index (χ1n) is 7.08. The van der Waals surface area contributed by atoms with E-state index in [9.17, 15) is 0 Å². The summed E-state index contributed by atoms with van der Waals surface area (Å²) in [5.74, 6) is 0.552. The maximum absolute atomic E-state index is 2.48. The van der Waals surface area contributed by atoms with Gasteiger partial charge >= 0.3 is 0 Å². The average molecular weight is 278 g/mol. The van der Waals surface area contributed by atoms with Crippen LogP contribution >= 0.6 is 10.0 Å². The van der Waals surface area contributed by atoms with Gasteiger partial charge in [0.1, 0.15) is 0 Å². The number of allylic oxidation sites excluding steroid dienone is 3. The monoisotopic (exact) mass is 278 g/mol. The van der Waals surface area contributed by atoms with Gasteiger partial charge in [-0.2, -0.15) is 10.0 Å². The SMILES string of the molecule is CS1(c2ccccc2)c2ccccc2C2C=CC=CC21. The van der Waals surface area contributed by atoms with Gasteiger partial charge in [-0.25, -0.2) is 0 Å². The van der Waals surface area contributed by atoms with Gasteiger partial charge in [0.2, 0.25) is 0 Å². The minimum absolute atomic E-state index is 0.552. The van der Waals surface area contributed by atoms with Crippen LogP contribution in [0.2, 0.25) is 0 Å². The molecule has 1 aliphatic heterocycles. The first-order valence-corrected chi connectivity index (χ1v) is 9.18. The molecule has 3 atom stereocenters. The van der Waals surface area contributed by atoms with Crippen molar-refractivity contribution < 1.29 is 0 Å². The van der Waals surface area contributed by atoms with E-state index in [-0.39, 0.29) is 0 Å². The topological polar surface area (TPSA) is 0 Å². The zero-order valence-corrected chi connectivity index (χ0v) is 12.4. The lowest BCUT2D eigenvalue weighted by Gasteiger charge is -2.39. The molecule has 1 aliphatic carbocycles. The van der Waals surface area contributed by atoms with Crippen molar-refractivity contribution in [1.29, 1.82) is 0 Å². The number of rotatable bonds is 1. The summed E-state index contributed by atoms with van der Waals surface area (Å²) < 4.78 is 0. The van der Waals surface area contributed by atoms with Crippen LogP contribution in [-0.2, 0) is 0 Å². The van der Waals surface area contributed by atoms with E-state index in [0.717, 1.165) is 0 Å². The summed E-state index contributed by atoms with van der Waals surface area (Å²) in [4.78, 5) is 3.07. The van der Waals surface area contributed by atoms with E-state index < -0.39 is 10.0 Å². The molecule has 0 amide bonds. The van der Waals surface area contributed by atoms with Gasteiger partial charge in [-0.15, -0.1) is 0 Å². The van der Waals surface area contributed by atoms with Crippen molar-refractivity contribution in [3.8, 4) is 0 Å². The Morgan fingerprint density at radius 2 is 1.50 bits per heavy atom. The zero-order chi connectivity index (χ0) is 13.6. The summed E-state index contributed by atoms with van der Waals surface area (Å²) in [6, 6.07) is 20.1. The molecule has 100 valence electrons. The molecule has 20 heavy (non-hydrogen) atoms. The Morgan fingerprint density at radius 1 is 0.800 bits per heavy atom. The molecule has 2 aliphatic rings. The van der Waals surface area contributed by atoms with Crippen molar-refractivity contribution in [3.05, 3.63) is 84.5 Å². The highest BCUT2D eigenvalue weighted by atomic mass is 32.3. The summed E-state index contributed by atoms with van der Waals surface area (Å²) in [5.41, 5.74) is 1.53. The van der Waals surface area contributed by atoms with Crippen molar-refractivity contribution in [1.82, 2.24) is 0 Å². The zero-order valence-electron chi connectivity index (χ0n) is 11.6. The fraction of sp³-hybridized carbons (Fsp3) is 0.158. The summed E-state index contributed by atoms with van der Waals surface area (Å²) in [6.07, 6.45) is 11.7. The molecule has 0 spiro atoms. The van der Waals surface area contributed by atoms with Crippen LogP contribution in [-0.4, -0.2) is 11.5 Å². The van der Waals surface area contributed by atoms with Crippen LogP contribution < -0.4 is 0 Å². The van der Waals surface area contributed by atoms with Gasteiger partial charge in [0.05, 0.1) is 0 Å². The minimum atomic E-state index is -0.981. The molecule has 2 aromatic rings. The molecule has 1 heteroatoms. The summed E-state index contributed by atoms with van der Waals surface area (Å²) in [7, 11) is -0.981. The Hall–Kier alpha value is -1.73. The Kier molecular flexibility index (Phi) is 2.64. The predicted octanol–water partition coefficient (Wildman–Crippen LogP) is 5.13. The quantitative estimate of drug-likeness (QED) is 0.678. The van der Waals surface area contributed by atoms with Crippen LogP contribution in [0.4, 0.5) is 0 Å². The van der Waals surface area contributed by atoms with Gasteiger partial charge in [-0.1, -0.05) is 60.7 Å². The smallest absolute Gasteiger partial charge is 0.0251 e. The molecule has 1 heterocycles. The Balaban J connectivity index is 1.99. The summed E-state index contributed by atoms with van der Waals surface area (Å²) in [6.45, 7) is 0. The fourth-order valence-electron chi connectivity index (χ4n) is 3.59. The van der Waals surface area contributed by atoms with Crippen LogP contribution in [0.25, 0.3) is 0 Å². The highest BCUT2D eigenvalue weighted by molar-refractivity contribution is 8.34. The number of hydrogen-bond acceptors (Lipinski definition) is 0. The maximum Gasteiger partial charge on any atom is 0.0251 e. The molecule has 4 rings (SSSR count). The molecule has 0 nitrogen and oxygen atoms in total. The second kappa shape index (κ2) is 4.39. The van der Waals surface area contributed by atoms with E-state index in [1.54, 1.807) is 4.90 Å². The Labute approximate surface area is 122 Å². The standard InChI is InChI=1S/C19H18S/c1-20(15-9-3-2-4-10-15)18-13-7-5-11-16(18)17-12-6-8-14-19(17)20/h2-14,16,18H,1H3. The molecule has 0 aromatic heterocycles. The normalized spacial score (nSPS) is 33.2. The molecule has 0 N–H and O–H groups in total. The molecule has 0 saturated carbocycles. The summed E-state index contributed by atoms with van der Waals surface area (Å²) >= 11 is 0. The third-order valence-electron chi connectivity index (χ3n) is 4.60. The number of fused-ring (bicyclic) bond motifs is 3. The van der Waals surface area contributed by atoms with Gasteiger partial charge in [-0.3, -0.25) is 0 Å². The van der Waals surface area contributed by atoms with Crippen LogP contribution in [0.3, 0.4) is 0 Å². The fourth-order valence-corrected chi connectivity index (χ4v) is 7.46. The highest BCUT2D eigenvalue weighted by Gasteiger charge is 2.44. The lowest BCUT2D eigenvalue weighted by Crippen LogP contribution is -2.16. The van der Waals surface area contributed by atoms with Crippen LogP contribution in [0.15, 0.2) is 88.7 Å². The number of hydrogen-bond donors (Lipinski definition) is 0. The van der Waals surface area contributed by atoms with Crippen molar-refractivity contribution in [2.45, 2.75) is 21.0 Å². The maximum atomic E-state index is 2.48. The van der Waals surface area contributed by atoms with E-state index in [4.69, 9.17) is 0 Å². The van der Waals surface area contributed by atoms with Crippen molar-refractivity contribution in [3.63, 3.8) is 0 Å². The largest absolute Gasteiger partial charge is 0.183 e. The second-order valence-electron chi connectivity index (χ2n) is 5.59. The van der Waals surface area contributed by atoms with Crippen molar-refractivity contribution in [2.24, 2.45) is 0 Å². The minimum Gasteiger partial charge on any atom is -0.183 e. The molecule has 0 radical (unpaired) electrons. The molecule has 0 fully saturated rings. The first kappa shape index (κ1) is 12.0. The molecular weight excluding hydrogens is 260 g/mol. The lowest BCUT2D eigenvalue weighted by atomic mass is 9.93. The van der Waals surface area contributed by atoms with Gasteiger partial charge in [-0.05, 0) is 39.8 Å². The van der Waals surface area contributed by atoms with E-state index in [1.807, 2.05) is 0 Å². The van der Waals surface area contributed by atoms with E-state index in [1.165, 1.54) is 10.5 Å². The number of benzene rings is 2. The molecule has 2 aromatic carbocycles. The molecular formula is C19H18S. The van der Waals surface area contributed by atoms with Crippen molar-refractivity contribution >= 4 is 10.0 Å². The second-order valence-corrected chi connectivity index (χ2v) is 9.01. The Morgan fingerprint density at radius 3 is 2.35 bits per heavy atom. The predicted molar refractivity (Wildman–Crippen MR) is 87.7 cm³/mol. The molecule has 3 unspecified atom stereocenters. The first-order chi connectivity index (χ1) is 9.82. The van der Waals surface area contributed by atoms with Gasteiger partial charge in [0.15, 0.2) is 0 Å². The van der Waals surface area contributed by atoms with Gasteiger partial charge < -0.3 is 0 Å². The van der Waals surface area contributed by atoms with E-state index in [2.05, 4.69) is 85.2 Å². The van der Waals surface area contributed by atoms with Gasteiger partial charge in [0, 0.05) is 11.2 Å². The van der Waals surface area contributed by atoms with Crippen molar-refractivity contribution in [2.75, 3.05) is 6.26 Å². The third-order valence-corrected chi connectivity index (χ3v) is 8.67. The average Bonchev–Trinajstić information content (AvgIpc) is 2.80. The van der Waals surface area contributed by atoms with Crippen LogP contribution in [0, 0.1) is 0 Å². The molecule has 0 saturated heterocycles. The lowest BCUT2D eigenvalue weighted by molar-refractivity contribution is 0.876. The van der Waals surface area contributed by atoms with Crippen LogP contribution in [0.1, 0.15) is 11.5 Å². The van der Waals surface area contributed by atoms with Crippen LogP contribution in [0.5, 0.6) is 0 Å². The van der Waals surface area contributed by atoms with E-state index >= 15 is 0 Å². The highest BCUT2D eigenvalue weighted by Crippen LogP contribution is 2.72. The Bertz CT molecular complexity index is 699. The van der Waals surface area contributed by atoms with E-state index in [0.29, 0.717) is 11.2 Å². The molecule has 0 bridgehead atoms. The summed E-state index contributed by atoms with van der Waals surface area (Å²) in [5, 5.41) is 0.604.